The van der Waals surface area contributed by atoms with Crippen molar-refractivity contribution in [1.29, 1.82) is 0 Å². The molecule has 200 valence electrons. The number of hydrogen-bond acceptors (Lipinski definition) is 2. The zero-order valence-corrected chi connectivity index (χ0v) is 20.1. The van der Waals surface area contributed by atoms with Gasteiger partial charge in [0.05, 0.1) is 6.61 Å². The summed E-state index contributed by atoms with van der Waals surface area (Å²) in [5, 5.41) is 0. The summed E-state index contributed by atoms with van der Waals surface area (Å²) in [7, 11) is 0. The minimum Gasteiger partial charge on any atom is -0.403 e. The number of ether oxygens (including phenoxy) is 2. The van der Waals surface area contributed by atoms with E-state index < -0.39 is 42.4 Å². The normalized spacial score (nSPS) is 19.8. The summed E-state index contributed by atoms with van der Waals surface area (Å²) in [6.07, 6.45) is -2.98. The quantitative estimate of drug-likeness (QED) is 0.217. The van der Waals surface area contributed by atoms with Crippen molar-refractivity contribution >= 4 is 0 Å². The predicted molar refractivity (Wildman–Crippen MR) is 122 cm³/mol. The van der Waals surface area contributed by atoms with Gasteiger partial charge in [-0.1, -0.05) is 62.9 Å². The van der Waals surface area contributed by atoms with Gasteiger partial charge in [0.1, 0.15) is 0 Å². The second-order valence-electron chi connectivity index (χ2n) is 9.41. The Hall–Kier alpha value is -2.29. The molecule has 0 N–H and O–H groups in total. The van der Waals surface area contributed by atoms with Gasteiger partial charge in [-0.25, -0.2) is 8.78 Å². The molecule has 0 radical (unpaired) electrons. The minimum atomic E-state index is -5.17. The van der Waals surface area contributed by atoms with E-state index in [2.05, 4.69) is 16.4 Å². The van der Waals surface area contributed by atoms with Crippen LogP contribution in [0.5, 0.6) is 5.75 Å². The molecule has 0 bridgehead atoms. The molecule has 36 heavy (non-hydrogen) atoms. The summed E-state index contributed by atoms with van der Waals surface area (Å²) in [5.41, 5.74) is 0.684. The Bertz CT molecular complexity index is 952. The molecule has 0 heterocycles. The van der Waals surface area contributed by atoms with E-state index in [4.69, 9.17) is 0 Å². The van der Waals surface area contributed by atoms with E-state index in [0.717, 1.165) is 24.3 Å². The third-order valence-electron chi connectivity index (χ3n) is 6.71. The van der Waals surface area contributed by atoms with Crippen molar-refractivity contribution in [2.45, 2.75) is 89.5 Å². The van der Waals surface area contributed by atoms with Crippen LogP contribution in [0.25, 0.3) is 0 Å². The maximum Gasteiger partial charge on any atom is 0.573 e. The van der Waals surface area contributed by atoms with Crippen LogP contribution in [0.15, 0.2) is 42.5 Å². The monoisotopic (exact) mass is 520 g/mol. The second-order valence-corrected chi connectivity index (χ2v) is 9.41. The van der Waals surface area contributed by atoms with E-state index in [-0.39, 0.29) is 6.07 Å². The Labute approximate surface area is 206 Å². The summed E-state index contributed by atoms with van der Waals surface area (Å²) < 4.78 is 101. The fraction of sp³-hybridized carbons (Fsp3) is 0.556. The van der Waals surface area contributed by atoms with Crippen molar-refractivity contribution in [2.75, 3.05) is 0 Å². The smallest absolute Gasteiger partial charge is 0.403 e. The van der Waals surface area contributed by atoms with E-state index in [9.17, 15) is 30.7 Å². The molecule has 1 atom stereocenters. The van der Waals surface area contributed by atoms with Crippen molar-refractivity contribution in [2.24, 2.45) is 5.92 Å². The summed E-state index contributed by atoms with van der Waals surface area (Å²) in [4.78, 5) is 0. The molecular weight excluding hydrogens is 489 g/mol. The van der Waals surface area contributed by atoms with Gasteiger partial charge in [-0.3, -0.25) is 0 Å². The number of rotatable bonds is 11. The Morgan fingerprint density at radius 1 is 0.917 bits per heavy atom. The second kappa shape index (κ2) is 12.3. The largest absolute Gasteiger partial charge is 0.573 e. The standard InChI is InChI=1S/C27H31F7O2/c1-2-3-4-5-18-6-10-20(11-7-18)21-12-8-19(9-13-21)17-35-26(30,31)25(29)22-14-15-24(23(28)16-22)36-27(32,33)34/h8-9,12-16,18,20,25H,2-7,10-11,17H2,1H3. The fourth-order valence-corrected chi connectivity index (χ4v) is 4.68. The average Bonchev–Trinajstić information content (AvgIpc) is 2.84. The number of halogens is 7. The lowest BCUT2D eigenvalue weighted by molar-refractivity contribution is -0.282. The van der Waals surface area contributed by atoms with Crippen molar-refractivity contribution in [3.63, 3.8) is 0 Å². The molecule has 0 aromatic heterocycles. The number of benzene rings is 2. The van der Waals surface area contributed by atoms with E-state index in [0.29, 0.717) is 23.6 Å². The van der Waals surface area contributed by atoms with Gasteiger partial charge in [0.25, 0.3) is 0 Å². The Kier molecular flexibility index (Phi) is 9.66. The molecule has 1 fully saturated rings. The molecule has 1 aliphatic rings. The summed E-state index contributed by atoms with van der Waals surface area (Å²) >= 11 is 0. The molecule has 9 heteroatoms. The predicted octanol–water partition coefficient (Wildman–Crippen LogP) is 9.40. The van der Waals surface area contributed by atoms with Gasteiger partial charge in [-0.2, -0.15) is 8.78 Å². The lowest BCUT2D eigenvalue weighted by atomic mass is 9.77. The van der Waals surface area contributed by atoms with Gasteiger partial charge in [0.2, 0.25) is 6.17 Å². The highest BCUT2D eigenvalue weighted by molar-refractivity contribution is 5.31. The molecule has 1 saturated carbocycles. The molecule has 1 unspecified atom stereocenters. The van der Waals surface area contributed by atoms with Gasteiger partial charge in [0.15, 0.2) is 11.6 Å². The maximum atomic E-state index is 14.4. The van der Waals surface area contributed by atoms with Crippen LogP contribution < -0.4 is 4.74 Å². The van der Waals surface area contributed by atoms with Crippen molar-refractivity contribution in [1.82, 2.24) is 0 Å². The van der Waals surface area contributed by atoms with Gasteiger partial charge in [0, 0.05) is 0 Å². The lowest BCUT2D eigenvalue weighted by Gasteiger charge is -2.29. The highest BCUT2D eigenvalue weighted by Gasteiger charge is 2.43. The van der Waals surface area contributed by atoms with E-state index >= 15 is 0 Å². The van der Waals surface area contributed by atoms with Crippen LogP contribution >= 0.6 is 0 Å². The van der Waals surface area contributed by atoms with Gasteiger partial charge < -0.3 is 9.47 Å². The van der Waals surface area contributed by atoms with E-state index in [1.807, 2.05) is 12.1 Å². The first-order chi connectivity index (χ1) is 17.0. The SMILES string of the molecule is CCCCCC1CCC(c2ccc(COC(F)(F)C(F)c3ccc(OC(F)(F)F)c(F)c3)cc2)CC1. The van der Waals surface area contributed by atoms with Crippen LogP contribution in [0.2, 0.25) is 0 Å². The molecule has 0 spiro atoms. The zero-order valence-electron chi connectivity index (χ0n) is 20.1. The number of hydrogen-bond donors (Lipinski definition) is 0. The number of unbranched alkanes of at least 4 members (excludes halogenated alkanes) is 2. The molecule has 2 aromatic carbocycles. The fourth-order valence-electron chi connectivity index (χ4n) is 4.68. The van der Waals surface area contributed by atoms with Gasteiger partial charge in [-0.05, 0) is 66.3 Å². The van der Waals surface area contributed by atoms with E-state index in [1.165, 1.54) is 38.5 Å². The highest BCUT2D eigenvalue weighted by Crippen LogP contribution is 2.40. The molecular formula is C27H31F7O2. The highest BCUT2D eigenvalue weighted by atomic mass is 19.4. The van der Waals surface area contributed by atoms with Crippen LogP contribution in [0, 0.1) is 11.7 Å². The molecule has 0 amide bonds. The lowest BCUT2D eigenvalue weighted by Crippen LogP contribution is -2.27. The van der Waals surface area contributed by atoms with Crippen LogP contribution in [-0.2, 0) is 11.3 Å². The van der Waals surface area contributed by atoms with E-state index in [1.54, 1.807) is 12.1 Å². The van der Waals surface area contributed by atoms with Crippen LogP contribution in [0.3, 0.4) is 0 Å². The van der Waals surface area contributed by atoms with Crippen molar-refractivity contribution in [3.8, 4) is 5.75 Å². The first kappa shape index (κ1) is 28.3. The molecule has 3 rings (SSSR count). The molecule has 0 aliphatic heterocycles. The average molecular weight is 521 g/mol. The third kappa shape index (κ3) is 8.11. The van der Waals surface area contributed by atoms with Crippen molar-refractivity contribution < 1.29 is 40.2 Å². The summed E-state index contributed by atoms with van der Waals surface area (Å²) in [5.74, 6) is -1.65. The van der Waals surface area contributed by atoms with Crippen molar-refractivity contribution in [3.05, 3.63) is 65.0 Å². The molecule has 0 saturated heterocycles. The zero-order chi connectivity index (χ0) is 26.3. The first-order valence-corrected chi connectivity index (χ1v) is 12.3. The first-order valence-electron chi connectivity index (χ1n) is 12.3. The summed E-state index contributed by atoms with van der Waals surface area (Å²) in [6.45, 7) is 1.61. The molecule has 2 aromatic rings. The molecule has 2 nitrogen and oxygen atoms in total. The minimum absolute atomic E-state index is 0.232. The maximum absolute atomic E-state index is 14.4. The van der Waals surface area contributed by atoms with Crippen LogP contribution in [0.4, 0.5) is 30.7 Å². The molecule has 1 aliphatic carbocycles. The van der Waals surface area contributed by atoms with Gasteiger partial charge >= 0.3 is 12.5 Å². The Morgan fingerprint density at radius 3 is 2.17 bits per heavy atom. The van der Waals surface area contributed by atoms with Crippen LogP contribution in [0.1, 0.15) is 87.1 Å². The Morgan fingerprint density at radius 2 is 1.58 bits per heavy atom. The van der Waals surface area contributed by atoms with Crippen LogP contribution in [-0.4, -0.2) is 12.5 Å². The Balaban J connectivity index is 1.52. The topological polar surface area (TPSA) is 18.5 Å². The number of alkyl halides is 6. The summed E-state index contributed by atoms with van der Waals surface area (Å²) in [6, 6.07) is 8.35. The van der Waals surface area contributed by atoms with Gasteiger partial charge in [-0.15, -0.1) is 13.2 Å². The third-order valence-corrected chi connectivity index (χ3v) is 6.71.